The molecule has 18 heavy (non-hydrogen) atoms. The molecule has 1 saturated heterocycles. The number of carbonyl (C=O) groups is 1. The maximum atomic E-state index is 11.1. The molecule has 4 atom stereocenters. The fourth-order valence-electron chi connectivity index (χ4n) is 1.92. The van der Waals surface area contributed by atoms with Gasteiger partial charge in [-0.25, -0.2) is 0 Å². The predicted octanol–water partition coefficient (Wildman–Crippen LogP) is -2.32. The molecule has 0 aliphatic carbocycles. The Hall–Kier alpha value is -1.54. The molecule has 1 aromatic heterocycles. The minimum atomic E-state index is -1.18. The van der Waals surface area contributed by atoms with Gasteiger partial charge >= 0.3 is 0 Å². The highest BCUT2D eigenvalue weighted by Crippen LogP contribution is 2.24. The molecule has 3 unspecified atom stereocenters. The largest absolute Gasteiger partial charge is 0.394 e. The van der Waals surface area contributed by atoms with Crippen molar-refractivity contribution in [3.8, 4) is 0 Å². The number of ether oxygens (including phenoxy) is 1. The maximum absolute atomic E-state index is 11.1. The highest BCUT2D eigenvalue weighted by molar-refractivity contribution is 5.92. The fourth-order valence-corrected chi connectivity index (χ4v) is 1.92. The normalized spacial score (nSPS) is 31.5. The van der Waals surface area contributed by atoms with E-state index in [1.807, 2.05) is 0 Å². The van der Waals surface area contributed by atoms with Crippen molar-refractivity contribution in [1.29, 1.82) is 0 Å². The zero-order valence-electron chi connectivity index (χ0n) is 9.51. The standard InChI is InChI=1S/C11H14N2O5/c12-10(17)6-2-1-3-13(4-6)11-9(16)8(15)7(5-14)18-11/h1-4,7-9,11,14-16H,5H2,(H-,12,17)/p+1/t7?,8-,9?,11?/m0/s1. The van der Waals surface area contributed by atoms with Crippen LogP contribution in [0.25, 0.3) is 0 Å². The number of rotatable bonds is 3. The van der Waals surface area contributed by atoms with Crippen LogP contribution in [-0.2, 0) is 4.74 Å². The Balaban J connectivity index is 2.27. The number of carbonyl (C=O) groups excluding carboxylic acids is 1. The second kappa shape index (κ2) is 4.99. The molecule has 1 amide bonds. The van der Waals surface area contributed by atoms with E-state index in [-0.39, 0.29) is 5.56 Å². The van der Waals surface area contributed by atoms with E-state index in [0.717, 1.165) is 0 Å². The molecule has 0 aromatic carbocycles. The number of aliphatic hydroxyl groups excluding tert-OH is 3. The summed E-state index contributed by atoms with van der Waals surface area (Å²) >= 11 is 0. The summed E-state index contributed by atoms with van der Waals surface area (Å²) in [4.78, 5) is 11.1. The topological polar surface area (TPSA) is 117 Å². The molecule has 7 heteroatoms. The first-order valence-electron chi connectivity index (χ1n) is 5.47. The quantitative estimate of drug-likeness (QED) is 0.453. The number of nitrogens with zero attached hydrogens (tertiary/aromatic N) is 1. The lowest BCUT2D eigenvalue weighted by Crippen LogP contribution is -2.46. The summed E-state index contributed by atoms with van der Waals surface area (Å²) in [5.74, 6) is -0.601. The van der Waals surface area contributed by atoms with Gasteiger partial charge in [0.25, 0.3) is 12.1 Å². The van der Waals surface area contributed by atoms with Gasteiger partial charge in [-0.3, -0.25) is 4.79 Å². The molecule has 1 aliphatic heterocycles. The average Bonchev–Trinajstić information content (AvgIpc) is 2.66. The third-order valence-corrected chi connectivity index (χ3v) is 2.92. The molecule has 2 rings (SSSR count). The minimum absolute atomic E-state index is 0.259. The van der Waals surface area contributed by atoms with Crippen LogP contribution in [0.4, 0.5) is 0 Å². The van der Waals surface area contributed by atoms with Gasteiger partial charge in [-0.1, -0.05) is 0 Å². The van der Waals surface area contributed by atoms with Gasteiger partial charge in [0, 0.05) is 6.07 Å². The monoisotopic (exact) mass is 255 g/mol. The molecule has 2 heterocycles. The van der Waals surface area contributed by atoms with Gasteiger partial charge < -0.3 is 25.8 Å². The summed E-state index contributed by atoms with van der Waals surface area (Å²) in [6.45, 7) is -0.398. The maximum Gasteiger partial charge on any atom is 0.292 e. The van der Waals surface area contributed by atoms with Crippen molar-refractivity contribution in [2.24, 2.45) is 5.73 Å². The fraction of sp³-hybridized carbons (Fsp3) is 0.455. The number of aliphatic hydroxyl groups is 3. The van der Waals surface area contributed by atoms with Crippen LogP contribution in [0, 0.1) is 0 Å². The van der Waals surface area contributed by atoms with E-state index in [4.69, 9.17) is 15.6 Å². The van der Waals surface area contributed by atoms with Crippen LogP contribution in [0.2, 0.25) is 0 Å². The molecule has 0 radical (unpaired) electrons. The second-order valence-corrected chi connectivity index (χ2v) is 4.13. The van der Waals surface area contributed by atoms with Crippen molar-refractivity contribution in [2.45, 2.75) is 24.5 Å². The van der Waals surface area contributed by atoms with Gasteiger partial charge in [0.15, 0.2) is 18.5 Å². The molecule has 1 fully saturated rings. The van der Waals surface area contributed by atoms with Crippen molar-refractivity contribution in [3.05, 3.63) is 30.1 Å². The Labute approximate surface area is 103 Å². The summed E-state index contributed by atoms with van der Waals surface area (Å²) in [6.07, 6.45) is -1.08. The van der Waals surface area contributed by atoms with Crippen LogP contribution >= 0.6 is 0 Å². The molecule has 1 aliphatic rings. The van der Waals surface area contributed by atoms with Crippen molar-refractivity contribution >= 4 is 5.91 Å². The lowest BCUT2D eigenvalue weighted by molar-refractivity contribution is -0.765. The number of amides is 1. The summed E-state index contributed by atoms with van der Waals surface area (Å²) in [5.41, 5.74) is 5.41. The lowest BCUT2D eigenvalue weighted by Gasteiger charge is -2.09. The summed E-state index contributed by atoms with van der Waals surface area (Å²) in [6, 6.07) is 3.11. The Kier molecular flexibility index (Phi) is 3.58. The Morgan fingerprint density at radius 2 is 2.17 bits per heavy atom. The third kappa shape index (κ3) is 2.21. The van der Waals surface area contributed by atoms with E-state index in [0.29, 0.717) is 0 Å². The number of nitrogens with two attached hydrogens (primary N) is 1. The zero-order chi connectivity index (χ0) is 13.3. The second-order valence-electron chi connectivity index (χ2n) is 4.13. The van der Waals surface area contributed by atoms with Crippen LogP contribution in [0.15, 0.2) is 24.5 Å². The first kappa shape index (κ1) is 12.9. The molecule has 98 valence electrons. The van der Waals surface area contributed by atoms with Crippen LogP contribution in [0.1, 0.15) is 16.6 Å². The number of hydrogen-bond donors (Lipinski definition) is 4. The summed E-state index contributed by atoms with van der Waals surface area (Å²) in [5, 5.41) is 28.4. The van der Waals surface area contributed by atoms with Crippen LogP contribution in [0.5, 0.6) is 0 Å². The molecule has 1 aromatic rings. The Bertz CT molecular complexity index is 453. The molecule has 0 saturated carbocycles. The predicted molar refractivity (Wildman–Crippen MR) is 58.2 cm³/mol. The Morgan fingerprint density at radius 3 is 2.72 bits per heavy atom. The molecule has 0 spiro atoms. The highest BCUT2D eigenvalue weighted by atomic mass is 16.6. The van der Waals surface area contributed by atoms with E-state index in [1.54, 1.807) is 12.3 Å². The van der Waals surface area contributed by atoms with E-state index < -0.39 is 37.1 Å². The van der Waals surface area contributed by atoms with Gasteiger partial charge in [0.05, 0.1) is 6.61 Å². The van der Waals surface area contributed by atoms with E-state index >= 15 is 0 Å². The molecular formula is C11H15N2O5+. The third-order valence-electron chi connectivity index (χ3n) is 2.92. The number of aromatic nitrogens is 1. The summed E-state index contributed by atoms with van der Waals surface area (Å²) in [7, 11) is 0. The molecule has 0 bridgehead atoms. The average molecular weight is 255 g/mol. The first-order valence-corrected chi connectivity index (χ1v) is 5.47. The van der Waals surface area contributed by atoms with Gasteiger partial charge in [-0.05, 0) is 6.07 Å². The number of hydrogen-bond acceptors (Lipinski definition) is 5. The van der Waals surface area contributed by atoms with E-state index in [9.17, 15) is 15.0 Å². The molecule has 7 nitrogen and oxygen atoms in total. The number of pyridine rings is 1. The lowest BCUT2D eigenvalue weighted by atomic mass is 10.1. The molecule has 5 N–H and O–H groups in total. The van der Waals surface area contributed by atoms with Crippen LogP contribution < -0.4 is 10.3 Å². The van der Waals surface area contributed by atoms with Gasteiger partial charge in [0.1, 0.15) is 17.8 Å². The van der Waals surface area contributed by atoms with Crippen molar-refractivity contribution in [2.75, 3.05) is 6.61 Å². The van der Waals surface area contributed by atoms with Gasteiger partial charge in [0.2, 0.25) is 0 Å². The molecular weight excluding hydrogens is 240 g/mol. The highest BCUT2D eigenvalue weighted by Gasteiger charge is 2.47. The van der Waals surface area contributed by atoms with E-state index in [1.165, 1.54) is 16.8 Å². The van der Waals surface area contributed by atoms with Gasteiger partial charge in [-0.15, -0.1) is 0 Å². The van der Waals surface area contributed by atoms with Crippen LogP contribution in [-0.4, -0.2) is 46.1 Å². The zero-order valence-corrected chi connectivity index (χ0v) is 9.51. The van der Waals surface area contributed by atoms with E-state index in [2.05, 4.69) is 0 Å². The number of primary amides is 1. The van der Waals surface area contributed by atoms with Crippen molar-refractivity contribution < 1.29 is 29.4 Å². The first-order chi connectivity index (χ1) is 8.54. The van der Waals surface area contributed by atoms with Crippen molar-refractivity contribution in [3.63, 3.8) is 0 Å². The Morgan fingerprint density at radius 1 is 1.44 bits per heavy atom. The smallest absolute Gasteiger partial charge is 0.292 e. The van der Waals surface area contributed by atoms with Gasteiger partial charge in [-0.2, -0.15) is 4.57 Å². The van der Waals surface area contributed by atoms with Crippen molar-refractivity contribution in [1.82, 2.24) is 0 Å². The summed E-state index contributed by atoms with van der Waals surface area (Å²) < 4.78 is 6.75. The minimum Gasteiger partial charge on any atom is -0.394 e. The van der Waals surface area contributed by atoms with Crippen LogP contribution in [0.3, 0.4) is 0 Å². The SMILES string of the molecule is NC(=O)c1ccc[n+](C2OC(CO)[C@H](O)C2O)c1.